The van der Waals surface area contributed by atoms with Crippen molar-refractivity contribution >= 4 is 17.5 Å². The zero-order chi connectivity index (χ0) is 14.1. The number of carbonyl (C=O) groups is 1. The predicted octanol–water partition coefficient (Wildman–Crippen LogP) is 2.68. The highest BCUT2D eigenvalue weighted by molar-refractivity contribution is 8.00. The second-order valence-electron chi connectivity index (χ2n) is 5.13. The third-order valence-electron chi connectivity index (χ3n) is 3.34. The van der Waals surface area contributed by atoms with Crippen LogP contribution in [0.5, 0.6) is 0 Å². The Morgan fingerprint density at radius 1 is 1.35 bits per heavy atom. The number of tetrazole rings is 1. The highest BCUT2D eigenvalue weighted by Crippen LogP contribution is 2.37. The Bertz CT molecular complexity index is 618. The van der Waals surface area contributed by atoms with Gasteiger partial charge in [0.25, 0.3) is 0 Å². The van der Waals surface area contributed by atoms with E-state index in [1.807, 2.05) is 42.8 Å². The van der Waals surface area contributed by atoms with E-state index >= 15 is 0 Å². The fourth-order valence-electron chi connectivity index (χ4n) is 1.98. The molecular weight excluding hydrogens is 272 g/mol. The Morgan fingerprint density at radius 2 is 2.05 bits per heavy atom. The number of aromatic nitrogens is 4. The van der Waals surface area contributed by atoms with Crippen LogP contribution >= 0.6 is 11.8 Å². The highest BCUT2D eigenvalue weighted by Gasteiger charge is 2.29. The summed E-state index contributed by atoms with van der Waals surface area (Å²) < 4.78 is 1.84. The minimum atomic E-state index is -0.193. The molecule has 0 unspecified atom stereocenters. The third-order valence-corrected chi connectivity index (χ3v) is 4.39. The molecule has 0 spiro atoms. The number of rotatable bonds is 5. The van der Waals surface area contributed by atoms with Crippen molar-refractivity contribution in [1.82, 2.24) is 20.2 Å². The Kier molecular flexibility index (Phi) is 3.56. The van der Waals surface area contributed by atoms with Gasteiger partial charge < -0.3 is 0 Å². The van der Waals surface area contributed by atoms with E-state index in [0.29, 0.717) is 6.04 Å². The maximum atomic E-state index is 12.4. The van der Waals surface area contributed by atoms with E-state index in [1.54, 1.807) is 0 Å². The molecule has 5 nitrogen and oxygen atoms in total. The number of carbonyl (C=O) groups excluding carboxylic acids is 1. The van der Waals surface area contributed by atoms with Crippen LogP contribution in [0.25, 0.3) is 0 Å². The highest BCUT2D eigenvalue weighted by atomic mass is 32.2. The van der Waals surface area contributed by atoms with E-state index in [1.165, 1.54) is 11.8 Å². The van der Waals surface area contributed by atoms with Gasteiger partial charge in [-0.2, -0.15) is 0 Å². The lowest BCUT2D eigenvalue weighted by Gasteiger charge is -2.10. The molecule has 0 bridgehead atoms. The van der Waals surface area contributed by atoms with Crippen molar-refractivity contribution in [3.05, 3.63) is 35.4 Å². The van der Waals surface area contributed by atoms with E-state index in [9.17, 15) is 4.79 Å². The molecule has 104 valence electrons. The molecule has 1 aromatic carbocycles. The largest absolute Gasteiger partial charge is 0.293 e. The summed E-state index contributed by atoms with van der Waals surface area (Å²) in [6.45, 7) is 3.91. The Labute approximate surface area is 121 Å². The van der Waals surface area contributed by atoms with Crippen molar-refractivity contribution in [3.8, 4) is 0 Å². The van der Waals surface area contributed by atoms with Crippen LogP contribution in [-0.4, -0.2) is 31.2 Å². The van der Waals surface area contributed by atoms with Crippen molar-refractivity contribution in [2.45, 2.75) is 43.1 Å². The van der Waals surface area contributed by atoms with Crippen LogP contribution in [0.3, 0.4) is 0 Å². The Hall–Kier alpha value is -1.69. The fourth-order valence-corrected chi connectivity index (χ4v) is 2.91. The number of Topliss-reactive ketones (excluding diaryl/α,β-unsaturated/α-hetero) is 1. The fraction of sp³-hybridized carbons (Fsp3) is 0.429. The minimum Gasteiger partial charge on any atom is -0.293 e. The van der Waals surface area contributed by atoms with Crippen molar-refractivity contribution in [3.63, 3.8) is 0 Å². The average Bonchev–Trinajstić information content (AvgIpc) is 3.19. The molecule has 1 fully saturated rings. The standard InChI is InChI=1S/C14H16N4OS/c1-9-3-5-11(6-4-9)13(19)10(2)20-14-15-16-17-18(14)12-7-8-12/h3-6,10,12H,7-8H2,1-2H3/t10-/m1/s1. The van der Waals surface area contributed by atoms with Crippen molar-refractivity contribution in [2.24, 2.45) is 0 Å². The van der Waals surface area contributed by atoms with Crippen LogP contribution in [0.15, 0.2) is 29.4 Å². The van der Waals surface area contributed by atoms with Gasteiger partial charge in [-0.25, -0.2) is 4.68 Å². The molecule has 1 aromatic heterocycles. The zero-order valence-electron chi connectivity index (χ0n) is 11.5. The SMILES string of the molecule is Cc1ccc(C(=O)[C@@H](C)Sc2nnnn2C2CC2)cc1. The summed E-state index contributed by atoms with van der Waals surface area (Å²) in [5.74, 6) is 0.111. The van der Waals surface area contributed by atoms with Crippen LogP contribution in [0.2, 0.25) is 0 Å². The summed E-state index contributed by atoms with van der Waals surface area (Å²) >= 11 is 1.43. The molecule has 3 rings (SSSR count). The van der Waals surface area contributed by atoms with Gasteiger partial charge >= 0.3 is 0 Å². The monoisotopic (exact) mass is 288 g/mol. The maximum absolute atomic E-state index is 12.4. The number of nitrogens with zero attached hydrogens (tertiary/aromatic N) is 4. The van der Waals surface area contributed by atoms with Gasteiger partial charge in [-0.15, -0.1) is 5.10 Å². The topological polar surface area (TPSA) is 60.7 Å². The number of aryl methyl sites for hydroxylation is 1. The van der Waals surface area contributed by atoms with Crippen molar-refractivity contribution in [2.75, 3.05) is 0 Å². The molecule has 1 saturated carbocycles. The van der Waals surface area contributed by atoms with Gasteiger partial charge in [0.05, 0.1) is 11.3 Å². The summed E-state index contributed by atoms with van der Waals surface area (Å²) in [6.07, 6.45) is 2.25. The molecule has 20 heavy (non-hydrogen) atoms. The van der Waals surface area contributed by atoms with E-state index in [4.69, 9.17) is 0 Å². The van der Waals surface area contributed by atoms with E-state index in [0.717, 1.165) is 29.1 Å². The molecule has 1 aliphatic rings. The van der Waals surface area contributed by atoms with Crippen LogP contribution < -0.4 is 0 Å². The maximum Gasteiger partial charge on any atom is 0.210 e. The summed E-state index contributed by atoms with van der Waals surface area (Å²) in [6, 6.07) is 8.09. The van der Waals surface area contributed by atoms with Crippen LogP contribution in [0, 0.1) is 6.92 Å². The van der Waals surface area contributed by atoms with Crippen LogP contribution in [0.1, 0.15) is 41.7 Å². The van der Waals surface area contributed by atoms with E-state index < -0.39 is 0 Å². The number of hydrogen-bond acceptors (Lipinski definition) is 5. The molecule has 0 aliphatic heterocycles. The molecule has 1 heterocycles. The number of benzene rings is 1. The van der Waals surface area contributed by atoms with Gasteiger partial charge in [-0.3, -0.25) is 4.79 Å². The Balaban J connectivity index is 1.72. The summed E-state index contributed by atoms with van der Waals surface area (Å²) in [5.41, 5.74) is 1.89. The molecule has 2 aromatic rings. The van der Waals surface area contributed by atoms with Gasteiger partial charge in [0.1, 0.15) is 0 Å². The molecular formula is C14H16N4OS. The summed E-state index contributed by atoms with van der Waals surface area (Å²) in [5, 5.41) is 12.3. The van der Waals surface area contributed by atoms with Gasteiger partial charge in [0.2, 0.25) is 5.16 Å². The van der Waals surface area contributed by atoms with E-state index in [2.05, 4.69) is 15.5 Å². The lowest BCUT2D eigenvalue weighted by Crippen LogP contribution is -2.14. The lowest BCUT2D eigenvalue weighted by atomic mass is 10.1. The molecule has 0 radical (unpaired) electrons. The summed E-state index contributed by atoms with van der Waals surface area (Å²) in [4.78, 5) is 12.4. The molecule has 6 heteroatoms. The quantitative estimate of drug-likeness (QED) is 0.625. The number of thioether (sulfide) groups is 1. The normalized spacial score (nSPS) is 16.1. The first-order valence-electron chi connectivity index (χ1n) is 6.70. The van der Waals surface area contributed by atoms with Gasteiger partial charge in [-0.1, -0.05) is 41.6 Å². The van der Waals surface area contributed by atoms with Crippen LogP contribution in [-0.2, 0) is 0 Å². The molecule has 0 saturated heterocycles. The minimum absolute atomic E-state index is 0.111. The van der Waals surface area contributed by atoms with Crippen LogP contribution in [0.4, 0.5) is 0 Å². The van der Waals surface area contributed by atoms with Crippen molar-refractivity contribution < 1.29 is 4.79 Å². The summed E-state index contributed by atoms with van der Waals surface area (Å²) in [7, 11) is 0. The first kappa shape index (κ1) is 13.3. The molecule has 1 atom stereocenters. The van der Waals surface area contributed by atoms with Gasteiger partial charge in [0.15, 0.2) is 5.78 Å². The average molecular weight is 288 g/mol. The zero-order valence-corrected chi connectivity index (χ0v) is 12.3. The van der Waals surface area contributed by atoms with Crippen molar-refractivity contribution in [1.29, 1.82) is 0 Å². The second-order valence-corrected chi connectivity index (χ2v) is 6.44. The number of ketones is 1. The molecule has 0 amide bonds. The third kappa shape index (κ3) is 2.75. The molecule has 1 aliphatic carbocycles. The smallest absolute Gasteiger partial charge is 0.210 e. The predicted molar refractivity (Wildman–Crippen MR) is 76.9 cm³/mol. The number of hydrogen-bond donors (Lipinski definition) is 0. The van der Waals surface area contributed by atoms with E-state index in [-0.39, 0.29) is 11.0 Å². The van der Waals surface area contributed by atoms with Gasteiger partial charge in [-0.05, 0) is 37.1 Å². The first-order valence-corrected chi connectivity index (χ1v) is 7.58. The lowest BCUT2D eigenvalue weighted by molar-refractivity contribution is 0.0994. The molecule has 0 N–H and O–H groups in total. The van der Waals surface area contributed by atoms with Gasteiger partial charge in [0, 0.05) is 5.56 Å². The second kappa shape index (κ2) is 5.36. The Morgan fingerprint density at radius 3 is 2.70 bits per heavy atom. The first-order chi connectivity index (χ1) is 9.65.